The molecule has 16 heavy (non-hydrogen) atoms. The van der Waals surface area contributed by atoms with Gasteiger partial charge in [-0.3, -0.25) is 4.79 Å². The van der Waals surface area contributed by atoms with Gasteiger partial charge in [-0.2, -0.15) is 0 Å². The molecule has 2 aliphatic rings. The van der Waals surface area contributed by atoms with Crippen LogP contribution < -0.4 is 11.1 Å². The molecule has 0 aromatic rings. The van der Waals surface area contributed by atoms with E-state index >= 15 is 0 Å². The second-order valence-corrected chi connectivity index (χ2v) is 5.72. The number of fused-ring (bicyclic) bond motifs is 1. The van der Waals surface area contributed by atoms with Crippen molar-refractivity contribution < 1.29 is 4.79 Å². The van der Waals surface area contributed by atoms with Crippen molar-refractivity contribution >= 4 is 18.3 Å². The van der Waals surface area contributed by atoms with Crippen LogP contribution in [-0.2, 0) is 4.79 Å². The van der Waals surface area contributed by atoms with E-state index in [0.29, 0.717) is 24.3 Å². The summed E-state index contributed by atoms with van der Waals surface area (Å²) < 4.78 is 0. The monoisotopic (exact) mass is 246 g/mol. The Labute approximate surface area is 104 Å². The van der Waals surface area contributed by atoms with Crippen molar-refractivity contribution in [2.75, 3.05) is 6.54 Å². The van der Waals surface area contributed by atoms with Gasteiger partial charge in [-0.15, -0.1) is 12.4 Å². The number of carbonyl (C=O) groups excluding carboxylic acids is 1. The average molecular weight is 247 g/mol. The summed E-state index contributed by atoms with van der Waals surface area (Å²) in [7, 11) is 0. The number of rotatable bonds is 3. The van der Waals surface area contributed by atoms with Crippen LogP contribution in [0.15, 0.2) is 0 Å². The van der Waals surface area contributed by atoms with E-state index in [1.165, 1.54) is 25.7 Å². The van der Waals surface area contributed by atoms with Gasteiger partial charge in [0.25, 0.3) is 0 Å². The SMILES string of the molecule is CC(C)(CN)NC(=O)C1C2CCCCC21.Cl. The zero-order valence-electron chi connectivity index (χ0n) is 10.2. The first-order valence-corrected chi connectivity index (χ1v) is 6.07. The van der Waals surface area contributed by atoms with Crippen molar-refractivity contribution in [3.8, 4) is 0 Å². The Bertz CT molecular complexity index is 256. The maximum absolute atomic E-state index is 12.0. The summed E-state index contributed by atoms with van der Waals surface area (Å²) in [6, 6.07) is 0. The molecule has 4 heteroatoms. The predicted octanol–water partition coefficient (Wildman–Crippen LogP) is 1.70. The van der Waals surface area contributed by atoms with E-state index in [4.69, 9.17) is 5.73 Å². The van der Waals surface area contributed by atoms with Crippen molar-refractivity contribution in [1.82, 2.24) is 5.32 Å². The summed E-state index contributed by atoms with van der Waals surface area (Å²) >= 11 is 0. The number of hydrogen-bond acceptors (Lipinski definition) is 2. The molecule has 2 saturated carbocycles. The van der Waals surface area contributed by atoms with Crippen LogP contribution in [0.5, 0.6) is 0 Å². The molecule has 3 nitrogen and oxygen atoms in total. The molecular formula is C12H23ClN2O. The molecule has 0 saturated heterocycles. The molecule has 0 aliphatic heterocycles. The van der Waals surface area contributed by atoms with Gasteiger partial charge in [0.2, 0.25) is 5.91 Å². The van der Waals surface area contributed by atoms with Crippen molar-refractivity contribution in [1.29, 1.82) is 0 Å². The van der Waals surface area contributed by atoms with Crippen molar-refractivity contribution in [2.24, 2.45) is 23.5 Å². The van der Waals surface area contributed by atoms with Crippen LogP contribution in [0.25, 0.3) is 0 Å². The molecule has 2 atom stereocenters. The second-order valence-electron chi connectivity index (χ2n) is 5.72. The van der Waals surface area contributed by atoms with E-state index < -0.39 is 0 Å². The average Bonchev–Trinajstić information content (AvgIpc) is 2.91. The zero-order chi connectivity index (χ0) is 11.1. The van der Waals surface area contributed by atoms with Crippen LogP contribution in [0.2, 0.25) is 0 Å². The lowest BCUT2D eigenvalue weighted by Crippen LogP contribution is -2.49. The van der Waals surface area contributed by atoms with E-state index in [-0.39, 0.29) is 23.9 Å². The fourth-order valence-corrected chi connectivity index (χ4v) is 2.85. The van der Waals surface area contributed by atoms with Gasteiger partial charge < -0.3 is 11.1 Å². The van der Waals surface area contributed by atoms with E-state index in [1.54, 1.807) is 0 Å². The Balaban J connectivity index is 0.00000128. The molecule has 0 heterocycles. The third-order valence-corrected chi connectivity index (χ3v) is 3.93. The van der Waals surface area contributed by atoms with Gasteiger partial charge in [0.1, 0.15) is 0 Å². The van der Waals surface area contributed by atoms with Crippen LogP contribution in [0, 0.1) is 17.8 Å². The largest absolute Gasteiger partial charge is 0.350 e. The smallest absolute Gasteiger partial charge is 0.224 e. The van der Waals surface area contributed by atoms with Gasteiger partial charge in [-0.1, -0.05) is 12.8 Å². The molecule has 94 valence electrons. The summed E-state index contributed by atoms with van der Waals surface area (Å²) in [5.41, 5.74) is 5.36. The highest BCUT2D eigenvalue weighted by Crippen LogP contribution is 2.55. The predicted molar refractivity (Wildman–Crippen MR) is 67.5 cm³/mol. The van der Waals surface area contributed by atoms with E-state index in [1.807, 2.05) is 13.8 Å². The molecule has 0 aromatic carbocycles. The Morgan fingerprint density at radius 2 is 1.81 bits per heavy atom. The fraction of sp³-hybridized carbons (Fsp3) is 0.917. The zero-order valence-corrected chi connectivity index (χ0v) is 11.0. The topological polar surface area (TPSA) is 55.1 Å². The number of nitrogens with two attached hydrogens (primary N) is 1. The highest BCUT2D eigenvalue weighted by atomic mass is 35.5. The minimum absolute atomic E-state index is 0. The fourth-order valence-electron chi connectivity index (χ4n) is 2.85. The quantitative estimate of drug-likeness (QED) is 0.797. The van der Waals surface area contributed by atoms with Crippen molar-refractivity contribution in [3.63, 3.8) is 0 Å². The number of amides is 1. The second kappa shape index (κ2) is 4.92. The Morgan fingerprint density at radius 3 is 2.25 bits per heavy atom. The van der Waals surface area contributed by atoms with Gasteiger partial charge in [0, 0.05) is 18.0 Å². The van der Waals surface area contributed by atoms with Gasteiger partial charge in [-0.25, -0.2) is 0 Å². The van der Waals surface area contributed by atoms with Gasteiger partial charge in [-0.05, 0) is 38.5 Å². The summed E-state index contributed by atoms with van der Waals surface area (Å²) in [5, 5.41) is 3.06. The van der Waals surface area contributed by atoms with E-state index in [2.05, 4.69) is 5.32 Å². The van der Waals surface area contributed by atoms with Crippen LogP contribution in [0.3, 0.4) is 0 Å². The van der Waals surface area contributed by atoms with Crippen LogP contribution in [0.1, 0.15) is 39.5 Å². The molecule has 2 unspecified atom stereocenters. The first kappa shape index (κ1) is 13.8. The number of carbonyl (C=O) groups is 1. The lowest BCUT2D eigenvalue weighted by atomic mass is 10.0. The Morgan fingerprint density at radius 1 is 1.31 bits per heavy atom. The van der Waals surface area contributed by atoms with E-state index in [0.717, 1.165) is 0 Å². The maximum Gasteiger partial charge on any atom is 0.224 e. The normalized spacial score (nSPS) is 32.3. The highest BCUT2D eigenvalue weighted by molar-refractivity contribution is 5.85. The van der Waals surface area contributed by atoms with E-state index in [9.17, 15) is 4.79 Å². The third-order valence-electron chi connectivity index (χ3n) is 3.93. The maximum atomic E-state index is 12.0. The summed E-state index contributed by atoms with van der Waals surface area (Å²) in [4.78, 5) is 12.0. The Hall–Kier alpha value is -0.280. The first-order chi connectivity index (χ1) is 7.05. The van der Waals surface area contributed by atoms with Gasteiger partial charge in [0.05, 0.1) is 0 Å². The molecule has 2 rings (SSSR count). The molecule has 0 radical (unpaired) electrons. The highest BCUT2D eigenvalue weighted by Gasteiger charge is 2.55. The molecule has 0 aromatic heterocycles. The minimum Gasteiger partial charge on any atom is -0.350 e. The summed E-state index contributed by atoms with van der Waals surface area (Å²) in [5.74, 6) is 1.92. The molecule has 2 fully saturated rings. The molecule has 0 bridgehead atoms. The molecule has 3 N–H and O–H groups in total. The molecule has 1 amide bonds. The van der Waals surface area contributed by atoms with Crippen LogP contribution in [-0.4, -0.2) is 18.0 Å². The first-order valence-electron chi connectivity index (χ1n) is 6.07. The lowest BCUT2D eigenvalue weighted by molar-refractivity contribution is -0.124. The summed E-state index contributed by atoms with van der Waals surface area (Å²) in [6.45, 7) is 4.47. The number of halogens is 1. The standard InChI is InChI=1S/C12H22N2O.ClH/c1-12(2,7-13)14-11(15)10-8-5-3-4-6-9(8)10;/h8-10H,3-7,13H2,1-2H3,(H,14,15);1H. The lowest BCUT2D eigenvalue weighted by Gasteiger charge is -2.24. The van der Waals surface area contributed by atoms with Crippen molar-refractivity contribution in [2.45, 2.75) is 45.1 Å². The number of nitrogens with one attached hydrogen (secondary N) is 1. The Kier molecular flexibility index (Phi) is 4.24. The third kappa shape index (κ3) is 2.69. The van der Waals surface area contributed by atoms with Crippen LogP contribution in [0.4, 0.5) is 0 Å². The van der Waals surface area contributed by atoms with Gasteiger partial charge >= 0.3 is 0 Å². The molecular weight excluding hydrogens is 224 g/mol. The summed E-state index contributed by atoms with van der Waals surface area (Å²) in [6.07, 6.45) is 5.13. The molecule has 0 spiro atoms. The number of hydrogen-bond donors (Lipinski definition) is 2. The van der Waals surface area contributed by atoms with Crippen molar-refractivity contribution in [3.05, 3.63) is 0 Å². The van der Waals surface area contributed by atoms with Gasteiger partial charge in [0.15, 0.2) is 0 Å². The molecule has 2 aliphatic carbocycles. The minimum atomic E-state index is -0.247. The van der Waals surface area contributed by atoms with Crippen LogP contribution >= 0.6 is 12.4 Å².